The smallest absolute Gasteiger partial charge is 0.270 e. The van der Waals surface area contributed by atoms with Crippen molar-refractivity contribution in [3.63, 3.8) is 0 Å². The Bertz CT molecular complexity index is 990. The van der Waals surface area contributed by atoms with Crippen molar-refractivity contribution in [1.29, 1.82) is 0 Å². The van der Waals surface area contributed by atoms with E-state index in [1.165, 1.54) is 19.2 Å². The number of para-hydroxylation sites is 2. The number of hydrogen-bond acceptors (Lipinski definition) is 5. The summed E-state index contributed by atoms with van der Waals surface area (Å²) in [5.74, 6) is 0.326. The second-order valence-electron chi connectivity index (χ2n) is 5.97. The number of amides is 1. The molecule has 2 N–H and O–H groups in total. The molecule has 0 fully saturated rings. The van der Waals surface area contributed by atoms with E-state index in [1.54, 1.807) is 36.4 Å². The fourth-order valence-corrected chi connectivity index (χ4v) is 2.74. The minimum atomic E-state index is -0.447. The van der Waals surface area contributed by atoms with Crippen LogP contribution in [-0.2, 0) is 6.54 Å². The number of nitro groups is 1. The first-order valence-electron chi connectivity index (χ1n) is 8.59. The molecule has 1 amide bonds. The topological polar surface area (TPSA) is 93.5 Å². The third kappa shape index (κ3) is 4.45. The summed E-state index contributed by atoms with van der Waals surface area (Å²) in [4.78, 5) is 23.0. The highest BCUT2D eigenvalue weighted by atomic mass is 16.6. The maximum Gasteiger partial charge on any atom is 0.270 e. The van der Waals surface area contributed by atoms with Gasteiger partial charge < -0.3 is 15.4 Å². The van der Waals surface area contributed by atoms with Crippen molar-refractivity contribution in [3.8, 4) is 5.75 Å². The lowest BCUT2D eigenvalue weighted by molar-refractivity contribution is -0.384. The molecule has 0 bridgehead atoms. The fraction of sp³-hybridized carbons (Fsp3) is 0.0952. The molecule has 0 saturated carbocycles. The van der Waals surface area contributed by atoms with Crippen LogP contribution in [0.1, 0.15) is 15.9 Å². The molecular formula is C21H19N3O4. The number of carbonyl (C=O) groups excluding carboxylic acids is 1. The monoisotopic (exact) mass is 377 g/mol. The number of nitrogens with one attached hydrogen (secondary N) is 2. The van der Waals surface area contributed by atoms with Crippen LogP contribution in [0.4, 0.5) is 17.1 Å². The number of nitrogens with zero attached hydrogens (tertiary/aromatic N) is 1. The number of carbonyl (C=O) groups is 1. The van der Waals surface area contributed by atoms with Crippen molar-refractivity contribution in [1.82, 2.24) is 0 Å². The van der Waals surface area contributed by atoms with Gasteiger partial charge in [0.25, 0.3) is 11.6 Å². The summed E-state index contributed by atoms with van der Waals surface area (Å²) < 4.78 is 5.29. The van der Waals surface area contributed by atoms with E-state index in [0.29, 0.717) is 34.8 Å². The molecule has 3 rings (SSSR count). The van der Waals surface area contributed by atoms with E-state index in [4.69, 9.17) is 4.74 Å². The first kappa shape index (κ1) is 18.9. The first-order chi connectivity index (χ1) is 13.6. The number of rotatable bonds is 7. The van der Waals surface area contributed by atoms with Crippen molar-refractivity contribution in [2.75, 3.05) is 17.7 Å². The van der Waals surface area contributed by atoms with Gasteiger partial charge in [0.1, 0.15) is 5.75 Å². The molecule has 0 aliphatic rings. The molecular weight excluding hydrogens is 358 g/mol. The minimum Gasteiger partial charge on any atom is -0.496 e. The number of anilines is 2. The van der Waals surface area contributed by atoms with Crippen LogP contribution in [0.5, 0.6) is 5.75 Å². The Morgan fingerprint density at radius 1 is 1.00 bits per heavy atom. The van der Waals surface area contributed by atoms with E-state index in [1.807, 2.05) is 24.3 Å². The van der Waals surface area contributed by atoms with Gasteiger partial charge in [-0.05, 0) is 30.3 Å². The van der Waals surface area contributed by atoms with Crippen LogP contribution >= 0.6 is 0 Å². The Morgan fingerprint density at radius 2 is 1.68 bits per heavy atom. The normalized spacial score (nSPS) is 10.2. The molecule has 28 heavy (non-hydrogen) atoms. The van der Waals surface area contributed by atoms with Gasteiger partial charge in [0.05, 0.1) is 23.4 Å². The summed E-state index contributed by atoms with van der Waals surface area (Å²) in [6, 6.07) is 20.6. The molecule has 0 unspecified atom stereocenters. The zero-order valence-corrected chi connectivity index (χ0v) is 15.2. The average molecular weight is 377 g/mol. The van der Waals surface area contributed by atoms with Crippen LogP contribution in [0, 0.1) is 10.1 Å². The van der Waals surface area contributed by atoms with Crippen molar-refractivity contribution < 1.29 is 14.5 Å². The van der Waals surface area contributed by atoms with Crippen LogP contribution in [0.2, 0.25) is 0 Å². The molecule has 7 heteroatoms. The molecule has 0 radical (unpaired) electrons. The summed E-state index contributed by atoms with van der Waals surface area (Å²) in [5.41, 5.74) is 2.49. The minimum absolute atomic E-state index is 0.0109. The molecule has 7 nitrogen and oxygen atoms in total. The second-order valence-corrected chi connectivity index (χ2v) is 5.97. The summed E-state index contributed by atoms with van der Waals surface area (Å²) in [5, 5.41) is 17.1. The van der Waals surface area contributed by atoms with Crippen LogP contribution in [-0.4, -0.2) is 17.9 Å². The predicted molar refractivity (Wildman–Crippen MR) is 108 cm³/mol. The highest BCUT2D eigenvalue weighted by Gasteiger charge is 2.13. The molecule has 142 valence electrons. The number of nitro benzene ring substituents is 1. The van der Waals surface area contributed by atoms with Gasteiger partial charge >= 0.3 is 0 Å². The quantitative estimate of drug-likeness (QED) is 0.468. The van der Waals surface area contributed by atoms with Crippen molar-refractivity contribution in [2.45, 2.75) is 6.54 Å². The third-order valence-corrected chi connectivity index (χ3v) is 4.16. The van der Waals surface area contributed by atoms with Gasteiger partial charge in [-0.25, -0.2) is 0 Å². The molecule has 0 heterocycles. The van der Waals surface area contributed by atoms with Gasteiger partial charge in [0.15, 0.2) is 0 Å². The maximum atomic E-state index is 12.4. The first-order valence-corrected chi connectivity index (χ1v) is 8.59. The number of non-ortho nitro benzene ring substituents is 1. The van der Waals surface area contributed by atoms with Gasteiger partial charge in [-0.3, -0.25) is 14.9 Å². The number of hydrogen-bond donors (Lipinski definition) is 2. The molecule has 0 spiro atoms. The van der Waals surface area contributed by atoms with Crippen LogP contribution in [0.15, 0.2) is 72.8 Å². The lowest BCUT2D eigenvalue weighted by Crippen LogP contribution is -2.13. The average Bonchev–Trinajstić information content (AvgIpc) is 2.73. The molecule has 0 aliphatic carbocycles. The Labute approximate surface area is 162 Å². The van der Waals surface area contributed by atoms with E-state index in [2.05, 4.69) is 10.6 Å². The van der Waals surface area contributed by atoms with Gasteiger partial charge in [-0.15, -0.1) is 0 Å². The van der Waals surface area contributed by atoms with E-state index < -0.39 is 4.92 Å². The van der Waals surface area contributed by atoms with E-state index in [9.17, 15) is 14.9 Å². The predicted octanol–water partition coefficient (Wildman–Crippen LogP) is 4.47. The van der Waals surface area contributed by atoms with Gasteiger partial charge in [-0.2, -0.15) is 0 Å². The molecule has 3 aromatic rings. The second kappa shape index (κ2) is 8.68. The SMILES string of the molecule is COc1ccc([N+](=O)[O-])cc1CNc1ccccc1NC(=O)c1ccccc1. The van der Waals surface area contributed by atoms with Crippen LogP contribution in [0.3, 0.4) is 0 Å². The molecule has 0 aromatic heterocycles. The van der Waals surface area contributed by atoms with E-state index in [-0.39, 0.29) is 11.6 Å². The standard InChI is InChI=1S/C21H19N3O4/c1-28-20-12-11-17(24(26)27)13-16(20)14-22-18-9-5-6-10-19(18)23-21(25)15-7-3-2-4-8-15/h2-13,22H,14H2,1H3,(H,23,25). The van der Waals surface area contributed by atoms with E-state index in [0.717, 1.165) is 0 Å². The zero-order valence-electron chi connectivity index (χ0n) is 15.2. The number of ether oxygens (including phenoxy) is 1. The largest absolute Gasteiger partial charge is 0.496 e. The lowest BCUT2D eigenvalue weighted by Gasteiger charge is -2.14. The Balaban J connectivity index is 1.78. The summed E-state index contributed by atoms with van der Waals surface area (Å²) in [7, 11) is 1.51. The summed E-state index contributed by atoms with van der Waals surface area (Å²) in [6.07, 6.45) is 0. The Hall–Kier alpha value is -3.87. The van der Waals surface area contributed by atoms with Crippen molar-refractivity contribution in [3.05, 3.63) is 94.0 Å². The molecule has 0 atom stereocenters. The molecule has 0 saturated heterocycles. The molecule has 0 aliphatic heterocycles. The third-order valence-electron chi connectivity index (χ3n) is 4.16. The van der Waals surface area contributed by atoms with Gasteiger partial charge in [0.2, 0.25) is 0 Å². The Kier molecular flexibility index (Phi) is 5.86. The van der Waals surface area contributed by atoms with Crippen molar-refractivity contribution >= 4 is 23.0 Å². The van der Waals surface area contributed by atoms with Gasteiger partial charge in [0, 0.05) is 29.8 Å². The Morgan fingerprint density at radius 3 is 2.36 bits per heavy atom. The number of methoxy groups -OCH3 is 1. The lowest BCUT2D eigenvalue weighted by atomic mass is 10.1. The highest BCUT2D eigenvalue weighted by Crippen LogP contribution is 2.27. The summed E-state index contributed by atoms with van der Waals surface area (Å²) in [6.45, 7) is 0.295. The zero-order chi connectivity index (χ0) is 19.9. The van der Waals surface area contributed by atoms with Crippen LogP contribution in [0.25, 0.3) is 0 Å². The van der Waals surface area contributed by atoms with E-state index >= 15 is 0 Å². The highest BCUT2D eigenvalue weighted by molar-refractivity contribution is 6.05. The summed E-state index contributed by atoms with van der Waals surface area (Å²) >= 11 is 0. The van der Waals surface area contributed by atoms with Crippen molar-refractivity contribution in [2.24, 2.45) is 0 Å². The maximum absolute atomic E-state index is 12.4. The number of benzene rings is 3. The van der Waals surface area contributed by atoms with Crippen LogP contribution < -0.4 is 15.4 Å². The fourth-order valence-electron chi connectivity index (χ4n) is 2.74. The molecule has 3 aromatic carbocycles. The van der Waals surface area contributed by atoms with Gasteiger partial charge in [-0.1, -0.05) is 30.3 Å².